The third-order valence-electron chi connectivity index (χ3n) is 3.35. The highest BCUT2D eigenvalue weighted by Gasteiger charge is 2.07. The van der Waals surface area contributed by atoms with Crippen LogP contribution in [-0.2, 0) is 0 Å². The van der Waals surface area contributed by atoms with Gasteiger partial charge in [-0.05, 0) is 56.3 Å². The van der Waals surface area contributed by atoms with Gasteiger partial charge in [0, 0.05) is 11.4 Å². The molecule has 21 heavy (non-hydrogen) atoms. The highest BCUT2D eigenvalue weighted by molar-refractivity contribution is 5.80. The first-order chi connectivity index (χ1) is 10.2. The highest BCUT2D eigenvalue weighted by Crippen LogP contribution is 2.27. The Kier molecular flexibility index (Phi) is 3.52. The second-order valence-corrected chi connectivity index (χ2v) is 5.18. The van der Waals surface area contributed by atoms with E-state index >= 15 is 0 Å². The first-order valence-electron chi connectivity index (χ1n) is 6.96. The number of hydrogen-bond acceptors (Lipinski definition) is 3. The third-order valence-corrected chi connectivity index (χ3v) is 3.35. The van der Waals surface area contributed by atoms with E-state index in [2.05, 4.69) is 18.9 Å². The molecule has 3 aromatic rings. The minimum atomic E-state index is 0.343. The number of benzene rings is 2. The molecule has 4 heteroatoms. The van der Waals surface area contributed by atoms with Gasteiger partial charge in [0.05, 0.1) is 18.8 Å². The molecule has 0 saturated heterocycles. The molecule has 0 amide bonds. The lowest BCUT2D eigenvalue weighted by atomic mass is 10.2. The van der Waals surface area contributed by atoms with Crippen LogP contribution in [-0.4, -0.2) is 16.9 Å². The van der Waals surface area contributed by atoms with Gasteiger partial charge in [-0.1, -0.05) is 0 Å². The smallest absolute Gasteiger partial charge is 0.128 e. The summed E-state index contributed by atoms with van der Waals surface area (Å²) >= 11 is 0. The van der Waals surface area contributed by atoms with E-state index < -0.39 is 0 Å². The lowest BCUT2D eigenvalue weighted by Crippen LogP contribution is -2.01. The van der Waals surface area contributed by atoms with Crippen molar-refractivity contribution in [2.45, 2.75) is 19.9 Å². The van der Waals surface area contributed by atoms with Crippen LogP contribution in [0.5, 0.6) is 17.2 Å². The molecule has 2 aromatic carbocycles. The predicted molar refractivity (Wildman–Crippen MR) is 83.2 cm³/mol. The van der Waals surface area contributed by atoms with Gasteiger partial charge in [0.15, 0.2) is 0 Å². The molecule has 0 saturated carbocycles. The number of rotatable bonds is 4. The van der Waals surface area contributed by atoms with Crippen molar-refractivity contribution < 1.29 is 9.47 Å². The van der Waals surface area contributed by atoms with Crippen molar-refractivity contribution in [2.24, 2.45) is 0 Å². The van der Waals surface area contributed by atoms with E-state index in [0.717, 1.165) is 28.2 Å². The number of aromatic nitrogens is 2. The number of nitrogens with zero attached hydrogens (tertiary/aromatic N) is 2. The van der Waals surface area contributed by atoms with Crippen molar-refractivity contribution >= 4 is 10.9 Å². The molecule has 0 atom stereocenters. The molecule has 0 radical (unpaired) electrons. The second kappa shape index (κ2) is 5.48. The Morgan fingerprint density at radius 2 is 1.62 bits per heavy atom. The maximum atomic E-state index is 5.86. The summed E-state index contributed by atoms with van der Waals surface area (Å²) in [6, 6.07) is 13.9. The topological polar surface area (TPSA) is 36.3 Å². The molecule has 3 rings (SSSR count). The molecule has 4 nitrogen and oxygen atoms in total. The van der Waals surface area contributed by atoms with Gasteiger partial charge in [-0.15, -0.1) is 0 Å². The van der Waals surface area contributed by atoms with E-state index in [4.69, 9.17) is 9.47 Å². The molecule has 0 bridgehead atoms. The Hall–Kier alpha value is -2.49. The van der Waals surface area contributed by atoms with Crippen LogP contribution in [0.15, 0.2) is 48.7 Å². The van der Waals surface area contributed by atoms with Crippen molar-refractivity contribution in [3.63, 3.8) is 0 Å². The SMILES string of the molecule is COc1ccc(Oc2ccc3c(cnn3C(C)C)c2)cc1. The van der Waals surface area contributed by atoms with E-state index in [0.29, 0.717) is 6.04 Å². The number of methoxy groups -OCH3 is 1. The molecular formula is C17H18N2O2. The average Bonchev–Trinajstić information content (AvgIpc) is 2.91. The lowest BCUT2D eigenvalue weighted by molar-refractivity contribution is 0.413. The molecule has 0 spiro atoms. The summed E-state index contributed by atoms with van der Waals surface area (Å²) in [4.78, 5) is 0. The number of hydrogen-bond donors (Lipinski definition) is 0. The van der Waals surface area contributed by atoms with Gasteiger partial charge >= 0.3 is 0 Å². The van der Waals surface area contributed by atoms with E-state index in [1.54, 1.807) is 7.11 Å². The first kappa shape index (κ1) is 13.5. The maximum Gasteiger partial charge on any atom is 0.128 e. The monoisotopic (exact) mass is 282 g/mol. The van der Waals surface area contributed by atoms with E-state index in [9.17, 15) is 0 Å². The van der Waals surface area contributed by atoms with Crippen molar-refractivity contribution in [3.8, 4) is 17.2 Å². The molecule has 0 N–H and O–H groups in total. The zero-order chi connectivity index (χ0) is 14.8. The van der Waals surface area contributed by atoms with Gasteiger partial charge in [0.1, 0.15) is 17.2 Å². The van der Waals surface area contributed by atoms with Gasteiger partial charge in [0.2, 0.25) is 0 Å². The zero-order valence-electron chi connectivity index (χ0n) is 12.4. The molecule has 0 fully saturated rings. The molecule has 1 aromatic heterocycles. The zero-order valence-corrected chi connectivity index (χ0v) is 12.4. The van der Waals surface area contributed by atoms with Crippen LogP contribution in [0.1, 0.15) is 19.9 Å². The minimum Gasteiger partial charge on any atom is -0.497 e. The molecular weight excluding hydrogens is 264 g/mol. The summed E-state index contributed by atoms with van der Waals surface area (Å²) in [5.74, 6) is 2.40. The van der Waals surface area contributed by atoms with Crippen LogP contribution >= 0.6 is 0 Å². The van der Waals surface area contributed by atoms with Crippen LogP contribution in [0, 0.1) is 0 Å². The van der Waals surface area contributed by atoms with E-state index in [1.165, 1.54) is 0 Å². The molecule has 1 heterocycles. The van der Waals surface area contributed by atoms with Crippen molar-refractivity contribution in [1.82, 2.24) is 9.78 Å². The Morgan fingerprint density at radius 3 is 2.29 bits per heavy atom. The predicted octanol–water partition coefficient (Wildman–Crippen LogP) is 4.42. The Bertz CT molecular complexity index is 745. The van der Waals surface area contributed by atoms with Crippen LogP contribution in [0.2, 0.25) is 0 Å². The average molecular weight is 282 g/mol. The van der Waals surface area contributed by atoms with Crippen molar-refractivity contribution in [3.05, 3.63) is 48.7 Å². The fourth-order valence-corrected chi connectivity index (χ4v) is 2.29. The fourth-order valence-electron chi connectivity index (χ4n) is 2.29. The van der Waals surface area contributed by atoms with Gasteiger partial charge < -0.3 is 9.47 Å². The Balaban J connectivity index is 1.87. The largest absolute Gasteiger partial charge is 0.497 e. The summed E-state index contributed by atoms with van der Waals surface area (Å²) in [5.41, 5.74) is 1.12. The molecule has 108 valence electrons. The molecule has 0 aliphatic rings. The Labute approximate surface area is 123 Å². The highest BCUT2D eigenvalue weighted by atomic mass is 16.5. The first-order valence-corrected chi connectivity index (χ1v) is 6.96. The van der Waals surface area contributed by atoms with Gasteiger partial charge in [-0.3, -0.25) is 4.68 Å². The van der Waals surface area contributed by atoms with Crippen LogP contribution in [0.3, 0.4) is 0 Å². The summed E-state index contributed by atoms with van der Waals surface area (Å²) in [5, 5.41) is 5.49. The summed E-state index contributed by atoms with van der Waals surface area (Å²) in [6.07, 6.45) is 1.87. The summed E-state index contributed by atoms with van der Waals surface area (Å²) < 4.78 is 13.0. The van der Waals surface area contributed by atoms with Crippen molar-refractivity contribution in [1.29, 1.82) is 0 Å². The standard InChI is InChI=1S/C17H18N2O2/c1-12(2)19-17-9-8-16(10-13(17)11-18-19)21-15-6-4-14(20-3)5-7-15/h4-12H,1-3H3. The maximum absolute atomic E-state index is 5.86. The van der Waals surface area contributed by atoms with Gasteiger partial charge in [-0.25, -0.2) is 0 Å². The fraction of sp³-hybridized carbons (Fsp3) is 0.235. The number of ether oxygens (including phenoxy) is 2. The van der Waals surface area contributed by atoms with E-state index in [1.807, 2.05) is 53.3 Å². The normalized spacial score (nSPS) is 11.0. The van der Waals surface area contributed by atoms with Gasteiger partial charge in [0.25, 0.3) is 0 Å². The number of fused-ring (bicyclic) bond motifs is 1. The Morgan fingerprint density at radius 1 is 0.952 bits per heavy atom. The van der Waals surface area contributed by atoms with Crippen LogP contribution in [0.25, 0.3) is 10.9 Å². The van der Waals surface area contributed by atoms with E-state index in [-0.39, 0.29) is 0 Å². The summed E-state index contributed by atoms with van der Waals surface area (Å²) in [7, 11) is 1.65. The van der Waals surface area contributed by atoms with Crippen LogP contribution in [0.4, 0.5) is 0 Å². The minimum absolute atomic E-state index is 0.343. The molecule has 0 unspecified atom stereocenters. The molecule has 0 aliphatic carbocycles. The second-order valence-electron chi connectivity index (χ2n) is 5.18. The van der Waals surface area contributed by atoms with Crippen LogP contribution < -0.4 is 9.47 Å². The lowest BCUT2D eigenvalue weighted by Gasteiger charge is -2.09. The summed E-state index contributed by atoms with van der Waals surface area (Å²) in [6.45, 7) is 4.24. The van der Waals surface area contributed by atoms with Gasteiger partial charge in [-0.2, -0.15) is 5.10 Å². The quantitative estimate of drug-likeness (QED) is 0.710. The molecule has 0 aliphatic heterocycles. The van der Waals surface area contributed by atoms with Crippen molar-refractivity contribution in [2.75, 3.05) is 7.11 Å². The third kappa shape index (κ3) is 2.70.